The van der Waals surface area contributed by atoms with E-state index >= 15 is 0 Å². The summed E-state index contributed by atoms with van der Waals surface area (Å²) in [7, 11) is 0. The summed E-state index contributed by atoms with van der Waals surface area (Å²) in [5.41, 5.74) is 7.38. The maximum absolute atomic E-state index is 10.9. The third kappa shape index (κ3) is 2.62. The van der Waals surface area contributed by atoms with Crippen LogP contribution in [0.1, 0.15) is 13.8 Å². The molecule has 1 heterocycles. The summed E-state index contributed by atoms with van der Waals surface area (Å²) in [5.74, 6) is 0.278. The number of hydrazone groups is 1. The summed E-state index contributed by atoms with van der Waals surface area (Å²) in [5, 5.41) is 5.98. The first-order valence-corrected chi connectivity index (χ1v) is 3.50. The van der Waals surface area contributed by atoms with Gasteiger partial charge in [-0.2, -0.15) is 0 Å². The van der Waals surface area contributed by atoms with Crippen LogP contribution in [0.3, 0.4) is 0 Å². The van der Waals surface area contributed by atoms with Crippen molar-refractivity contribution in [3.05, 3.63) is 0 Å². The smallest absolute Gasteiger partial charge is 0.414 e. The number of hydrazine groups is 2. The first-order chi connectivity index (χ1) is 5.68. The number of carbonyl (C=O) groups is 1. The van der Waals surface area contributed by atoms with Crippen LogP contribution in [-0.2, 0) is 4.74 Å². The Labute approximate surface area is 69.5 Å². The number of hydrogen-bond acceptors (Lipinski definition) is 6. The van der Waals surface area contributed by atoms with E-state index in [1.807, 2.05) is 0 Å². The first-order valence-electron chi connectivity index (χ1n) is 3.50. The minimum absolute atomic E-state index is 0.145. The van der Waals surface area contributed by atoms with Crippen LogP contribution >= 0.6 is 0 Å². The lowest BCUT2D eigenvalue weighted by Gasteiger charge is -2.07. The fourth-order valence-corrected chi connectivity index (χ4v) is 0.598. The molecule has 7 nitrogen and oxygen atoms in total. The van der Waals surface area contributed by atoms with E-state index in [9.17, 15) is 4.79 Å². The van der Waals surface area contributed by atoms with E-state index in [2.05, 4.69) is 26.9 Å². The molecule has 1 amide bonds. The molecule has 0 unspecified atom stereocenters. The minimum atomic E-state index is -0.540. The van der Waals surface area contributed by atoms with Crippen LogP contribution in [0.25, 0.3) is 0 Å². The second-order valence-electron chi connectivity index (χ2n) is 2.40. The maximum Gasteiger partial charge on any atom is 0.414 e. The Kier molecular flexibility index (Phi) is 2.70. The quantitative estimate of drug-likeness (QED) is 0.409. The molecule has 0 aromatic carbocycles. The number of guanidine groups is 1. The normalized spacial score (nSPS) is 14.8. The van der Waals surface area contributed by atoms with Crippen molar-refractivity contribution in [2.45, 2.75) is 20.0 Å². The van der Waals surface area contributed by atoms with Gasteiger partial charge >= 0.3 is 6.09 Å². The Morgan fingerprint density at radius 1 is 1.67 bits per heavy atom. The van der Waals surface area contributed by atoms with Crippen molar-refractivity contribution in [2.24, 2.45) is 5.10 Å². The number of alkyl carbamates (subject to hydrolysis) is 1. The molecule has 1 aliphatic rings. The molecule has 7 heteroatoms. The Hall–Kier alpha value is -1.50. The standard InChI is InChI=1S/C5H11N5O2/c1-3(2)12-5(11)6-4-7-9-10-8-4/h3,9-10H,1-2H3,(H2,6,7,8,11). The number of carbonyl (C=O) groups excluding carboxylic acids is 1. The zero-order valence-corrected chi connectivity index (χ0v) is 6.84. The van der Waals surface area contributed by atoms with Crippen molar-refractivity contribution in [1.82, 2.24) is 21.8 Å². The van der Waals surface area contributed by atoms with Gasteiger partial charge in [-0.25, -0.2) is 10.3 Å². The van der Waals surface area contributed by atoms with Crippen LogP contribution in [0.2, 0.25) is 0 Å². The molecular formula is C5H11N5O2. The summed E-state index contributed by atoms with van der Waals surface area (Å²) in [6, 6.07) is 0. The molecule has 12 heavy (non-hydrogen) atoms. The highest BCUT2D eigenvalue weighted by Crippen LogP contribution is 1.87. The van der Waals surface area contributed by atoms with E-state index in [1.165, 1.54) is 0 Å². The Bertz CT molecular complexity index is 202. The second-order valence-corrected chi connectivity index (χ2v) is 2.40. The first kappa shape index (κ1) is 8.60. The SMILES string of the molecule is CC(C)OC(=O)NC1=NNNN1. The topological polar surface area (TPSA) is 86.8 Å². The third-order valence-electron chi connectivity index (χ3n) is 0.968. The van der Waals surface area contributed by atoms with Gasteiger partial charge in [0, 0.05) is 0 Å². The van der Waals surface area contributed by atoms with Crippen LogP contribution in [0.15, 0.2) is 5.10 Å². The predicted molar refractivity (Wildman–Crippen MR) is 41.6 cm³/mol. The average Bonchev–Trinajstić information content (AvgIpc) is 2.37. The summed E-state index contributed by atoms with van der Waals surface area (Å²) in [6.45, 7) is 3.53. The molecule has 0 aromatic rings. The van der Waals surface area contributed by atoms with Crippen LogP contribution in [0.4, 0.5) is 4.79 Å². The van der Waals surface area contributed by atoms with Gasteiger partial charge in [0.2, 0.25) is 5.96 Å². The lowest BCUT2D eigenvalue weighted by atomic mass is 10.5. The lowest BCUT2D eigenvalue weighted by molar-refractivity contribution is 0.120. The zero-order chi connectivity index (χ0) is 8.97. The third-order valence-corrected chi connectivity index (χ3v) is 0.968. The second kappa shape index (κ2) is 3.77. The Balaban J connectivity index is 2.26. The van der Waals surface area contributed by atoms with Crippen molar-refractivity contribution < 1.29 is 9.53 Å². The van der Waals surface area contributed by atoms with Gasteiger partial charge in [-0.15, -0.1) is 10.6 Å². The highest BCUT2D eigenvalue weighted by atomic mass is 16.6. The molecule has 68 valence electrons. The number of amides is 1. The number of rotatable bonds is 1. The molecule has 0 spiro atoms. The molecule has 0 bridgehead atoms. The van der Waals surface area contributed by atoms with Gasteiger partial charge in [-0.3, -0.25) is 10.7 Å². The van der Waals surface area contributed by atoms with Crippen LogP contribution in [-0.4, -0.2) is 18.2 Å². The highest BCUT2D eigenvalue weighted by molar-refractivity contribution is 5.93. The van der Waals surface area contributed by atoms with Gasteiger partial charge in [-0.1, -0.05) is 0 Å². The zero-order valence-electron chi connectivity index (χ0n) is 6.84. The van der Waals surface area contributed by atoms with E-state index in [-0.39, 0.29) is 12.1 Å². The molecule has 0 fully saturated rings. The molecule has 1 rings (SSSR count). The average molecular weight is 173 g/mol. The molecule has 0 aromatic heterocycles. The summed E-state index contributed by atoms with van der Waals surface area (Å²) < 4.78 is 4.79. The molecule has 0 atom stereocenters. The number of ether oxygens (including phenoxy) is 1. The van der Waals surface area contributed by atoms with E-state index in [4.69, 9.17) is 4.74 Å². The summed E-state index contributed by atoms with van der Waals surface area (Å²) in [4.78, 5) is 10.9. The monoisotopic (exact) mass is 173 g/mol. The van der Waals surface area contributed by atoms with E-state index < -0.39 is 6.09 Å². The highest BCUT2D eigenvalue weighted by Gasteiger charge is 2.10. The van der Waals surface area contributed by atoms with Gasteiger partial charge in [-0.05, 0) is 13.8 Å². The van der Waals surface area contributed by atoms with Crippen LogP contribution in [0.5, 0.6) is 0 Å². The number of nitrogens with zero attached hydrogens (tertiary/aromatic N) is 1. The molecule has 0 saturated carbocycles. The maximum atomic E-state index is 10.9. The van der Waals surface area contributed by atoms with Crippen LogP contribution in [0, 0.1) is 0 Å². The molecular weight excluding hydrogens is 162 g/mol. The minimum Gasteiger partial charge on any atom is -0.447 e. The van der Waals surface area contributed by atoms with Crippen LogP contribution < -0.4 is 21.8 Å². The lowest BCUT2D eigenvalue weighted by Crippen LogP contribution is -2.44. The van der Waals surface area contributed by atoms with Crippen molar-refractivity contribution in [3.8, 4) is 0 Å². The van der Waals surface area contributed by atoms with Gasteiger partial charge in [0.25, 0.3) is 0 Å². The van der Waals surface area contributed by atoms with Crippen molar-refractivity contribution in [3.63, 3.8) is 0 Å². The molecule has 0 radical (unpaired) electrons. The fraction of sp³-hybridized carbons (Fsp3) is 0.600. The molecule has 4 N–H and O–H groups in total. The van der Waals surface area contributed by atoms with Gasteiger partial charge in [0.05, 0.1) is 6.10 Å². The van der Waals surface area contributed by atoms with Crippen molar-refractivity contribution >= 4 is 12.1 Å². The summed E-state index contributed by atoms with van der Waals surface area (Å²) >= 11 is 0. The van der Waals surface area contributed by atoms with Gasteiger partial charge in [0.15, 0.2) is 0 Å². The molecule has 0 saturated heterocycles. The van der Waals surface area contributed by atoms with Gasteiger partial charge in [0.1, 0.15) is 0 Å². The van der Waals surface area contributed by atoms with E-state index in [1.54, 1.807) is 13.8 Å². The van der Waals surface area contributed by atoms with E-state index in [0.29, 0.717) is 0 Å². The molecule has 0 aliphatic carbocycles. The van der Waals surface area contributed by atoms with Crippen molar-refractivity contribution in [1.29, 1.82) is 0 Å². The van der Waals surface area contributed by atoms with Gasteiger partial charge < -0.3 is 4.74 Å². The predicted octanol–water partition coefficient (Wildman–Crippen LogP) is -0.996. The molecule has 1 aliphatic heterocycles. The van der Waals surface area contributed by atoms with Crippen molar-refractivity contribution in [2.75, 3.05) is 0 Å². The number of nitrogens with one attached hydrogen (secondary N) is 4. The number of hydrogen-bond donors (Lipinski definition) is 4. The van der Waals surface area contributed by atoms with E-state index in [0.717, 1.165) is 0 Å². The largest absolute Gasteiger partial charge is 0.447 e. The fourth-order valence-electron chi connectivity index (χ4n) is 0.598. The summed E-state index contributed by atoms with van der Waals surface area (Å²) in [6.07, 6.45) is -0.685. The Morgan fingerprint density at radius 3 is 2.92 bits per heavy atom. The Morgan fingerprint density at radius 2 is 2.42 bits per heavy atom.